The maximum Gasteiger partial charge on any atom is 0.269 e. The maximum absolute atomic E-state index is 12.6. The molecule has 0 N–H and O–H groups in total. The van der Waals surface area contributed by atoms with Gasteiger partial charge in [-0.15, -0.1) is 0 Å². The van der Waals surface area contributed by atoms with Crippen LogP contribution in [0.1, 0.15) is 31.3 Å². The number of nitrogens with zero attached hydrogens (tertiary/aromatic N) is 1. The number of halogens is 1. The van der Waals surface area contributed by atoms with Crippen LogP contribution in [-0.4, -0.2) is 4.98 Å². The molecule has 1 heterocycles. The topological polar surface area (TPSA) is 12.9 Å². The maximum atomic E-state index is 12.6. The van der Waals surface area contributed by atoms with E-state index in [1.54, 1.807) is 0 Å². The lowest BCUT2D eigenvalue weighted by Crippen LogP contribution is -2.10. The highest BCUT2D eigenvalue weighted by Gasteiger charge is 2.20. The standard InChI is InChI=1S/C8H12FNS/c1-5-6(8(2,3)4)11-7(9)10-5/h1-4H3. The second kappa shape index (κ2) is 2.55. The van der Waals surface area contributed by atoms with Gasteiger partial charge in [-0.1, -0.05) is 32.1 Å². The molecular weight excluding hydrogens is 161 g/mol. The molecule has 0 aliphatic rings. The molecule has 0 unspecified atom stereocenters. The van der Waals surface area contributed by atoms with E-state index in [-0.39, 0.29) is 10.7 Å². The first-order chi connectivity index (χ1) is 4.91. The van der Waals surface area contributed by atoms with Gasteiger partial charge in [0.05, 0.1) is 5.69 Å². The van der Waals surface area contributed by atoms with Gasteiger partial charge in [-0.05, 0) is 12.3 Å². The molecule has 0 aliphatic carbocycles. The zero-order valence-electron chi connectivity index (χ0n) is 7.23. The molecule has 0 amide bonds. The van der Waals surface area contributed by atoms with Crippen LogP contribution < -0.4 is 0 Å². The van der Waals surface area contributed by atoms with Gasteiger partial charge in [0, 0.05) is 4.88 Å². The van der Waals surface area contributed by atoms with Crippen molar-refractivity contribution in [2.45, 2.75) is 33.1 Å². The number of hydrogen-bond acceptors (Lipinski definition) is 2. The van der Waals surface area contributed by atoms with Crippen LogP contribution in [0.2, 0.25) is 0 Å². The van der Waals surface area contributed by atoms with Crippen LogP contribution in [0.25, 0.3) is 0 Å². The molecule has 3 heteroatoms. The summed E-state index contributed by atoms with van der Waals surface area (Å²) in [6, 6.07) is 0. The summed E-state index contributed by atoms with van der Waals surface area (Å²) in [6.07, 6.45) is 0. The molecule has 0 aromatic carbocycles. The first-order valence-corrected chi connectivity index (χ1v) is 4.36. The first kappa shape index (κ1) is 8.65. The van der Waals surface area contributed by atoms with Gasteiger partial charge in [-0.3, -0.25) is 0 Å². The van der Waals surface area contributed by atoms with Crippen LogP contribution in [0.5, 0.6) is 0 Å². The predicted molar refractivity (Wildman–Crippen MR) is 45.5 cm³/mol. The van der Waals surface area contributed by atoms with Crippen molar-refractivity contribution in [3.8, 4) is 0 Å². The summed E-state index contributed by atoms with van der Waals surface area (Å²) in [7, 11) is 0. The summed E-state index contributed by atoms with van der Waals surface area (Å²) in [5.74, 6) is 0. The molecule has 0 saturated carbocycles. The van der Waals surface area contributed by atoms with Crippen molar-refractivity contribution in [2.75, 3.05) is 0 Å². The molecule has 1 rings (SSSR count). The highest BCUT2D eigenvalue weighted by Crippen LogP contribution is 2.30. The minimum absolute atomic E-state index is 0.0199. The molecule has 1 nitrogen and oxygen atoms in total. The van der Waals surface area contributed by atoms with E-state index in [1.165, 1.54) is 0 Å². The Balaban J connectivity index is 3.13. The number of rotatable bonds is 0. The van der Waals surface area contributed by atoms with E-state index < -0.39 is 0 Å². The van der Waals surface area contributed by atoms with Gasteiger partial charge in [-0.2, -0.15) is 4.39 Å². The molecule has 0 fully saturated rings. The van der Waals surface area contributed by atoms with Gasteiger partial charge in [0.2, 0.25) is 0 Å². The molecule has 0 atom stereocenters. The van der Waals surface area contributed by atoms with Crippen molar-refractivity contribution in [2.24, 2.45) is 0 Å². The van der Waals surface area contributed by atoms with Crippen LogP contribution in [0.3, 0.4) is 0 Å². The van der Waals surface area contributed by atoms with Crippen molar-refractivity contribution in [3.63, 3.8) is 0 Å². The molecular formula is C8H12FNS. The summed E-state index contributed by atoms with van der Waals surface area (Å²) in [4.78, 5) is 4.77. The Morgan fingerprint density at radius 1 is 1.36 bits per heavy atom. The SMILES string of the molecule is Cc1nc(F)sc1C(C)(C)C. The van der Waals surface area contributed by atoms with E-state index in [1.807, 2.05) is 6.92 Å². The van der Waals surface area contributed by atoms with Gasteiger partial charge < -0.3 is 0 Å². The van der Waals surface area contributed by atoms with E-state index >= 15 is 0 Å². The third kappa shape index (κ3) is 1.77. The molecule has 0 saturated heterocycles. The lowest BCUT2D eigenvalue weighted by Gasteiger charge is -2.15. The van der Waals surface area contributed by atoms with Crippen LogP contribution in [0, 0.1) is 12.2 Å². The van der Waals surface area contributed by atoms with Gasteiger partial charge in [0.25, 0.3) is 5.26 Å². The van der Waals surface area contributed by atoms with E-state index in [9.17, 15) is 4.39 Å². The van der Waals surface area contributed by atoms with Crippen LogP contribution in [0.4, 0.5) is 4.39 Å². The summed E-state index contributed by atoms with van der Waals surface area (Å²) in [6.45, 7) is 8.03. The van der Waals surface area contributed by atoms with Gasteiger partial charge in [-0.25, -0.2) is 4.98 Å². The quantitative estimate of drug-likeness (QED) is 0.588. The normalized spacial score (nSPS) is 12.1. The van der Waals surface area contributed by atoms with Crippen molar-refractivity contribution in [1.82, 2.24) is 4.98 Å². The number of aryl methyl sites for hydroxylation is 1. The fourth-order valence-corrected chi connectivity index (χ4v) is 1.91. The van der Waals surface area contributed by atoms with Crippen molar-refractivity contribution < 1.29 is 4.39 Å². The van der Waals surface area contributed by atoms with Crippen molar-refractivity contribution >= 4 is 11.3 Å². The lowest BCUT2D eigenvalue weighted by molar-refractivity contribution is 0.595. The molecule has 0 spiro atoms. The molecule has 11 heavy (non-hydrogen) atoms. The predicted octanol–water partition coefficient (Wildman–Crippen LogP) is 2.89. The largest absolute Gasteiger partial charge is 0.269 e. The average Bonchev–Trinajstić information content (AvgIpc) is 2.08. The Morgan fingerprint density at radius 3 is 2.09 bits per heavy atom. The summed E-state index contributed by atoms with van der Waals surface area (Å²) < 4.78 is 12.6. The Kier molecular flexibility index (Phi) is 2.01. The van der Waals surface area contributed by atoms with E-state index in [0.717, 1.165) is 21.9 Å². The van der Waals surface area contributed by atoms with Crippen molar-refractivity contribution in [1.29, 1.82) is 0 Å². The third-order valence-electron chi connectivity index (χ3n) is 1.45. The highest BCUT2D eigenvalue weighted by molar-refractivity contribution is 7.10. The van der Waals surface area contributed by atoms with Crippen LogP contribution in [0.15, 0.2) is 0 Å². The molecule has 1 aromatic rings. The molecule has 0 aliphatic heterocycles. The van der Waals surface area contributed by atoms with E-state index in [2.05, 4.69) is 25.8 Å². The monoisotopic (exact) mass is 173 g/mol. The van der Waals surface area contributed by atoms with Gasteiger partial charge in [0.15, 0.2) is 0 Å². The van der Waals surface area contributed by atoms with E-state index in [4.69, 9.17) is 0 Å². The number of hydrogen-bond donors (Lipinski definition) is 0. The zero-order valence-corrected chi connectivity index (χ0v) is 8.05. The second-order valence-electron chi connectivity index (χ2n) is 3.63. The van der Waals surface area contributed by atoms with E-state index in [0.29, 0.717) is 0 Å². The average molecular weight is 173 g/mol. The smallest absolute Gasteiger partial charge is 0.215 e. The first-order valence-electron chi connectivity index (χ1n) is 3.54. The van der Waals surface area contributed by atoms with Crippen LogP contribution in [-0.2, 0) is 5.41 Å². The molecule has 62 valence electrons. The molecule has 0 radical (unpaired) electrons. The Bertz CT molecular complexity index is 260. The summed E-state index contributed by atoms with van der Waals surface area (Å²) >= 11 is 1.14. The number of aromatic nitrogens is 1. The highest BCUT2D eigenvalue weighted by atomic mass is 32.1. The van der Waals surface area contributed by atoms with Gasteiger partial charge >= 0.3 is 0 Å². The Labute approximate surface area is 70.3 Å². The Hall–Kier alpha value is -0.440. The zero-order chi connectivity index (χ0) is 8.65. The minimum atomic E-state index is -0.326. The fraction of sp³-hybridized carbons (Fsp3) is 0.625. The minimum Gasteiger partial charge on any atom is -0.215 e. The molecule has 1 aromatic heterocycles. The lowest BCUT2D eigenvalue weighted by atomic mass is 9.94. The second-order valence-corrected chi connectivity index (χ2v) is 4.58. The summed E-state index contributed by atoms with van der Waals surface area (Å²) in [5, 5.41) is -0.326. The fourth-order valence-electron chi connectivity index (χ4n) is 1.06. The Morgan fingerprint density at radius 2 is 1.91 bits per heavy atom. The third-order valence-corrected chi connectivity index (χ3v) is 2.82. The van der Waals surface area contributed by atoms with Gasteiger partial charge in [0.1, 0.15) is 0 Å². The number of thiazole rings is 1. The van der Waals surface area contributed by atoms with Crippen LogP contribution >= 0.6 is 11.3 Å². The summed E-state index contributed by atoms with van der Waals surface area (Å²) in [5.41, 5.74) is 0.839. The molecule has 0 bridgehead atoms. The van der Waals surface area contributed by atoms with Crippen molar-refractivity contribution in [3.05, 3.63) is 15.8 Å².